The van der Waals surface area contributed by atoms with Crippen LogP contribution in [0.1, 0.15) is 17.3 Å². The molecule has 28 heavy (non-hydrogen) atoms. The van der Waals surface area contributed by atoms with E-state index >= 15 is 0 Å². The molecule has 0 fully saturated rings. The van der Waals surface area contributed by atoms with Crippen LogP contribution in [0.3, 0.4) is 0 Å². The maximum atomic E-state index is 13.0. The molecule has 1 atom stereocenters. The van der Waals surface area contributed by atoms with Crippen molar-refractivity contribution in [3.63, 3.8) is 0 Å². The van der Waals surface area contributed by atoms with Crippen molar-refractivity contribution in [2.45, 2.75) is 13.0 Å². The fraction of sp³-hybridized carbons (Fsp3) is 0.182. The molecule has 4 rings (SSSR count). The highest BCUT2D eigenvalue weighted by atomic mass is 16.5. The number of amides is 2. The first-order valence-corrected chi connectivity index (χ1v) is 8.93. The largest absolute Gasteiger partial charge is 0.497 e. The third kappa shape index (κ3) is 2.74. The first kappa shape index (κ1) is 17.9. The normalized spacial score (nSPS) is 13.5. The van der Waals surface area contributed by atoms with E-state index in [1.807, 2.05) is 30.3 Å². The molecule has 0 aromatic heterocycles. The van der Waals surface area contributed by atoms with Gasteiger partial charge in [0.2, 0.25) is 5.91 Å². The number of carbonyl (C=O) groups excluding carboxylic acids is 2. The molecule has 0 radical (unpaired) electrons. The number of hydrogen-bond acceptors (Lipinski definition) is 4. The second-order valence-electron chi connectivity index (χ2n) is 6.59. The van der Waals surface area contributed by atoms with Gasteiger partial charge in [0.1, 0.15) is 17.5 Å². The fourth-order valence-electron chi connectivity index (χ4n) is 3.59. The lowest BCUT2D eigenvalue weighted by atomic mass is 10.1. The van der Waals surface area contributed by atoms with Crippen molar-refractivity contribution >= 4 is 34.0 Å². The summed E-state index contributed by atoms with van der Waals surface area (Å²) in [6.45, 7) is 1.71. The Hall–Kier alpha value is -3.54. The van der Waals surface area contributed by atoms with Crippen molar-refractivity contribution in [1.29, 1.82) is 0 Å². The van der Waals surface area contributed by atoms with Crippen LogP contribution in [0.5, 0.6) is 11.5 Å². The molecule has 142 valence electrons. The minimum absolute atomic E-state index is 0.174. The Labute approximate surface area is 162 Å². The van der Waals surface area contributed by atoms with Gasteiger partial charge in [0, 0.05) is 17.0 Å². The molecule has 1 aliphatic rings. The Balaban J connectivity index is 1.66. The predicted octanol–water partition coefficient (Wildman–Crippen LogP) is 3.84. The number of carbonyl (C=O) groups is 2. The van der Waals surface area contributed by atoms with E-state index in [-0.39, 0.29) is 11.8 Å². The van der Waals surface area contributed by atoms with Gasteiger partial charge in [0.25, 0.3) is 5.91 Å². The van der Waals surface area contributed by atoms with Crippen LogP contribution in [-0.4, -0.2) is 32.1 Å². The zero-order valence-electron chi connectivity index (χ0n) is 15.9. The van der Waals surface area contributed by atoms with Gasteiger partial charge in [-0.05, 0) is 36.6 Å². The highest BCUT2D eigenvalue weighted by Crippen LogP contribution is 2.38. The number of anilines is 2. The van der Waals surface area contributed by atoms with Crippen LogP contribution in [-0.2, 0) is 4.79 Å². The van der Waals surface area contributed by atoms with Crippen molar-refractivity contribution in [3.05, 3.63) is 60.2 Å². The quantitative estimate of drug-likeness (QED) is 0.735. The molecule has 0 saturated heterocycles. The molecular formula is C22H20N2O4. The van der Waals surface area contributed by atoms with Crippen LogP contribution in [0.15, 0.2) is 54.6 Å². The Morgan fingerprint density at radius 1 is 1.04 bits per heavy atom. The van der Waals surface area contributed by atoms with Crippen LogP contribution in [0, 0.1) is 0 Å². The number of methoxy groups -OCH3 is 2. The summed E-state index contributed by atoms with van der Waals surface area (Å²) >= 11 is 0. The lowest BCUT2D eigenvalue weighted by Crippen LogP contribution is -2.44. The molecule has 1 heterocycles. The van der Waals surface area contributed by atoms with Gasteiger partial charge in [-0.3, -0.25) is 14.5 Å². The first-order valence-electron chi connectivity index (χ1n) is 8.93. The summed E-state index contributed by atoms with van der Waals surface area (Å²) in [5, 5.41) is 4.72. The first-order chi connectivity index (χ1) is 13.5. The van der Waals surface area contributed by atoms with Crippen LogP contribution in [0.2, 0.25) is 0 Å². The van der Waals surface area contributed by atoms with E-state index in [1.54, 1.807) is 43.2 Å². The summed E-state index contributed by atoms with van der Waals surface area (Å²) < 4.78 is 10.5. The van der Waals surface area contributed by atoms with Gasteiger partial charge in [-0.2, -0.15) is 0 Å². The smallest absolute Gasteiger partial charge is 0.259 e. The number of rotatable bonds is 5. The predicted molar refractivity (Wildman–Crippen MR) is 108 cm³/mol. The van der Waals surface area contributed by atoms with Crippen molar-refractivity contribution in [2.75, 3.05) is 24.4 Å². The summed E-state index contributed by atoms with van der Waals surface area (Å²) in [6, 6.07) is 15.8. The maximum absolute atomic E-state index is 13.0. The van der Waals surface area contributed by atoms with Crippen molar-refractivity contribution in [2.24, 2.45) is 0 Å². The Kier molecular flexibility index (Phi) is 4.39. The molecule has 6 nitrogen and oxygen atoms in total. The zero-order chi connectivity index (χ0) is 19.8. The van der Waals surface area contributed by atoms with Gasteiger partial charge in [0.05, 0.1) is 25.6 Å². The van der Waals surface area contributed by atoms with E-state index in [0.717, 1.165) is 16.5 Å². The van der Waals surface area contributed by atoms with Crippen LogP contribution >= 0.6 is 0 Å². The average Bonchev–Trinajstić information content (AvgIpc) is 3.01. The number of nitrogens with one attached hydrogen (secondary N) is 1. The minimum atomic E-state index is -0.707. The molecule has 2 amide bonds. The van der Waals surface area contributed by atoms with Gasteiger partial charge < -0.3 is 14.8 Å². The third-order valence-electron chi connectivity index (χ3n) is 5.02. The molecule has 1 N–H and O–H groups in total. The molecule has 0 spiro atoms. The molecule has 3 aromatic carbocycles. The van der Waals surface area contributed by atoms with Crippen LogP contribution in [0.4, 0.5) is 11.4 Å². The van der Waals surface area contributed by atoms with E-state index < -0.39 is 6.04 Å². The van der Waals surface area contributed by atoms with Gasteiger partial charge in [-0.15, -0.1) is 0 Å². The van der Waals surface area contributed by atoms with E-state index in [9.17, 15) is 9.59 Å². The van der Waals surface area contributed by atoms with Gasteiger partial charge >= 0.3 is 0 Å². The standard InChI is InChI=1S/C22H20N2O4/c1-13(21(25)23-17-12-15(27-2)10-11-19(17)28-3)24-18-9-5-7-14-6-4-8-16(20(14)18)22(24)26/h4-13H,1-3H3,(H,23,25). The lowest BCUT2D eigenvalue weighted by molar-refractivity contribution is -0.117. The molecule has 0 bridgehead atoms. The van der Waals surface area contributed by atoms with Crippen molar-refractivity contribution in [3.8, 4) is 11.5 Å². The lowest BCUT2D eigenvalue weighted by Gasteiger charge is -2.25. The zero-order valence-corrected chi connectivity index (χ0v) is 15.9. The number of benzene rings is 3. The van der Waals surface area contributed by atoms with Crippen LogP contribution in [0.25, 0.3) is 10.8 Å². The molecule has 1 unspecified atom stereocenters. The monoisotopic (exact) mass is 376 g/mol. The highest BCUT2D eigenvalue weighted by Gasteiger charge is 2.35. The van der Waals surface area contributed by atoms with Crippen LogP contribution < -0.4 is 19.7 Å². The molecular weight excluding hydrogens is 356 g/mol. The summed E-state index contributed by atoms with van der Waals surface area (Å²) in [7, 11) is 3.08. The topological polar surface area (TPSA) is 67.9 Å². The molecule has 1 aliphatic heterocycles. The molecule has 0 saturated carbocycles. The average molecular weight is 376 g/mol. The number of ether oxygens (including phenoxy) is 2. The molecule has 0 aliphatic carbocycles. The second kappa shape index (κ2) is 6.88. The summed E-state index contributed by atoms with van der Waals surface area (Å²) in [5.41, 5.74) is 1.85. The van der Waals surface area contributed by atoms with Crippen molar-refractivity contribution in [1.82, 2.24) is 0 Å². The third-order valence-corrected chi connectivity index (χ3v) is 5.02. The Bertz CT molecular complexity index is 1090. The fourth-order valence-corrected chi connectivity index (χ4v) is 3.59. The van der Waals surface area contributed by atoms with E-state index in [0.29, 0.717) is 22.7 Å². The number of nitrogens with zero attached hydrogens (tertiary/aromatic N) is 1. The van der Waals surface area contributed by atoms with Gasteiger partial charge in [-0.1, -0.05) is 24.3 Å². The highest BCUT2D eigenvalue weighted by molar-refractivity contribution is 6.27. The van der Waals surface area contributed by atoms with E-state index in [4.69, 9.17) is 9.47 Å². The van der Waals surface area contributed by atoms with E-state index in [2.05, 4.69) is 5.32 Å². The SMILES string of the molecule is COc1ccc(OC)c(NC(=O)C(C)N2C(=O)c3cccc4cccc2c34)c1. The molecule has 6 heteroatoms. The summed E-state index contributed by atoms with van der Waals surface area (Å²) in [6.07, 6.45) is 0. The van der Waals surface area contributed by atoms with Gasteiger partial charge in [-0.25, -0.2) is 0 Å². The maximum Gasteiger partial charge on any atom is 0.259 e. The second-order valence-corrected chi connectivity index (χ2v) is 6.59. The molecule has 3 aromatic rings. The minimum Gasteiger partial charge on any atom is -0.497 e. The summed E-state index contributed by atoms with van der Waals surface area (Å²) in [5.74, 6) is 0.620. The Morgan fingerprint density at radius 2 is 1.79 bits per heavy atom. The Morgan fingerprint density at radius 3 is 2.50 bits per heavy atom. The summed E-state index contributed by atoms with van der Waals surface area (Å²) in [4.78, 5) is 27.5. The van der Waals surface area contributed by atoms with E-state index in [1.165, 1.54) is 7.11 Å². The number of hydrogen-bond donors (Lipinski definition) is 1. The van der Waals surface area contributed by atoms with Crippen molar-refractivity contribution < 1.29 is 19.1 Å². The van der Waals surface area contributed by atoms with Gasteiger partial charge in [0.15, 0.2) is 0 Å².